The number of nitrogens with two attached hydrogens (primary N) is 2. The van der Waals surface area contributed by atoms with Crippen LogP contribution in [0.4, 0.5) is 26.3 Å². The number of halogens is 6. The van der Waals surface area contributed by atoms with Crippen LogP contribution in [0.25, 0.3) is 21.8 Å². The van der Waals surface area contributed by atoms with Crippen LogP contribution in [0.3, 0.4) is 0 Å². The van der Waals surface area contributed by atoms with E-state index in [9.17, 15) is 35.9 Å². The van der Waals surface area contributed by atoms with E-state index in [0.29, 0.717) is 13.1 Å². The minimum absolute atomic E-state index is 0.0120. The van der Waals surface area contributed by atoms with E-state index in [0.717, 1.165) is 61.6 Å². The summed E-state index contributed by atoms with van der Waals surface area (Å²) < 4.78 is 93.6. The summed E-state index contributed by atoms with van der Waals surface area (Å²) in [4.78, 5) is 49.9. The van der Waals surface area contributed by atoms with E-state index >= 15 is 0 Å². The van der Waals surface area contributed by atoms with Gasteiger partial charge in [-0.15, -0.1) is 0 Å². The number of pyridine rings is 2. The number of carbonyl (C=O) groups is 2. The molecule has 6 rings (SSSR count). The average Bonchev–Trinajstić information content (AvgIpc) is 3.93. The number of nitrogens with one attached hydrogen (secondary N) is 4. The molecule has 2 amide bonds. The van der Waals surface area contributed by atoms with E-state index in [4.69, 9.17) is 20.9 Å². The number of fused-ring (bicyclic) bond motifs is 2. The molecular weight excluding hydrogens is 875 g/mol. The van der Waals surface area contributed by atoms with Crippen LogP contribution in [0.15, 0.2) is 83.0 Å². The van der Waals surface area contributed by atoms with Gasteiger partial charge in [-0.2, -0.15) is 26.3 Å². The quantitative estimate of drug-likeness (QED) is 0.0354. The van der Waals surface area contributed by atoms with Gasteiger partial charge in [-0.3, -0.25) is 40.0 Å². The molecule has 0 saturated heterocycles. The molecule has 16 nitrogen and oxygen atoms in total. The van der Waals surface area contributed by atoms with Crippen molar-refractivity contribution in [1.82, 2.24) is 40.4 Å². The lowest BCUT2D eigenvalue weighted by Crippen LogP contribution is -2.36. The van der Waals surface area contributed by atoms with Crippen molar-refractivity contribution in [2.45, 2.75) is 53.1 Å². The van der Waals surface area contributed by atoms with Crippen LogP contribution in [-0.2, 0) is 25.4 Å². The van der Waals surface area contributed by atoms with Crippen LogP contribution in [0.1, 0.15) is 70.9 Å². The fourth-order valence-corrected chi connectivity index (χ4v) is 6.61. The lowest BCUT2D eigenvalue weighted by Gasteiger charge is -2.18. The van der Waals surface area contributed by atoms with E-state index in [1.54, 1.807) is 24.5 Å². The summed E-state index contributed by atoms with van der Waals surface area (Å²) in [6, 6.07) is 13.7. The van der Waals surface area contributed by atoms with Gasteiger partial charge in [0.05, 0.1) is 22.2 Å². The zero-order chi connectivity index (χ0) is 48.3. The molecule has 0 bridgehead atoms. The van der Waals surface area contributed by atoms with Crippen molar-refractivity contribution in [3.63, 3.8) is 0 Å². The van der Waals surface area contributed by atoms with Crippen LogP contribution in [0.2, 0.25) is 0 Å². The Morgan fingerprint density at radius 2 is 1.14 bits per heavy atom. The maximum atomic E-state index is 13.8. The minimum Gasteiger partial charge on any atom is -0.439 e. The molecule has 66 heavy (non-hydrogen) atoms. The molecule has 0 aliphatic heterocycles. The predicted octanol–water partition coefficient (Wildman–Crippen LogP) is 7.78. The van der Waals surface area contributed by atoms with Crippen LogP contribution < -0.4 is 31.6 Å². The molecule has 4 aromatic heterocycles. The molecule has 0 saturated carbocycles. The lowest BCUT2D eigenvalue weighted by molar-refractivity contribution is -0.137. The Hall–Kier alpha value is -7.20. The number of alkyl halides is 6. The molecule has 0 aliphatic rings. The molecule has 0 aliphatic carbocycles. The van der Waals surface area contributed by atoms with Gasteiger partial charge >= 0.3 is 12.4 Å². The van der Waals surface area contributed by atoms with Gasteiger partial charge in [0.25, 0.3) is 11.8 Å². The number of aromatic nitrogens is 4. The highest BCUT2D eigenvalue weighted by atomic mass is 19.4. The average molecular weight is 925 g/mol. The predicted molar refractivity (Wildman–Crippen MR) is 238 cm³/mol. The van der Waals surface area contributed by atoms with E-state index in [-0.39, 0.29) is 68.4 Å². The summed E-state index contributed by atoms with van der Waals surface area (Å²) in [6.45, 7) is 13.0. The Kier molecular flexibility index (Phi) is 16.3. The number of aliphatic imine (C=N–C) groups is 2. The first-order chi connectivity index (χ1) is 31.3. The summed E-state index contributed by atoms with van der Waals surface area (Å²) in [6.07, 6.45) is -6.17. The largest absolute Gasteiger partial charge is 0.439 e. The first-order valence-electron chi connectivity index (χ1n) is 20.5. The molecule has 0 unspecified atom stereocenters. The number of guanidine groups is 2. The zero-order valence-electron chi connectivity index (χ0n) is 36.9. The van der Waals surface area contributed by atoms with E-state index < -0.39 is 35.3 Å². The van der Waals surface area contributed by atoms with Crippen molar-refractivity contribution in [2.24, 2.45) is 21.5 Å². The molecule has 0 radical (unpaired) electrons. The third-order valence-corrected chi connectivity index (χ3v) is 10.2. The number of rotatable bonds is 14. The number of aromatic amines is 2. The Morgan fingerprint density at radius 3 is 1.62 bits per heavy atom. The highest BCUT2D eigenvalue weighted by molar-refractivity contribution is 6.08. The Balaban J connectivity index is 0.000000247. The summed E-state index contributed by atoms with van der Waals surface area (Å²) in [7, 11) is 2.74. The van der Waals surface area contributed by atoms with Crippen molar-refractivity contribution >= 4 is 45.5 Å². The van der Waals surface area contributed by atoms with Gasteiger partial charge in [0.15, 0.2) is 17.7 Å². The van der Waals surface area contributed by atoms with Crippen LogP contribution in [0, 0.1) is 0 Å². The molecule has 8 N–H and O–H groups in total. The second-order valence-corrected chi connectivity index (χ2v) is 14.5. The van der Waals surface area contributed by atoms with Gasteiger partial charge in [0.2, 0.25) is 11.8 Å². The summed E-state index contributed by atoms with van der Waals surface area (Å²) in [5, 5.41) is 4.19. The molecule has 0 spiro atoms. The molecule has 4 heterocycles. The lowest BCUT2D eigenvalue weighted by atomic mass is 10.1. The summed E-state index contributed by atoms with van der Waals surface area (Å²) in [5.41, 5.74) is 10.9. The second-order valence-electron chi connectivity index (χ2n) is 14.5. The van der Waals surface area contributed by atoms with Gasteiger partial charge in [0, 0.05) is 68.6 Å². The third kappa shape index (κ3) is 12.7. The molecule has 6 aromatic rings. The standard InChI is InChI=1S/2C22H25F3N6O2/c1-4-31(5-2)12-13-6-7-28-19(8-13)33-14-9-16(22(23,24)25)15-11-18(29-17(15)10-14)20(32)30-21(26)27-3;1-4-31(5-2)12-13-8-9-28-18(10-13)33-17-7-6-15(22(23,24)25)14-11-16(29-19(14)17)20(32)30-21(26)27-3/h2*6-11,29H,4-5,12H2,1-3H3,(H3,26,27,30,32). The molecule has 0 fully saturated rings. The van der Waals surface area contributed by atoms with Crippen LogP contribution in [-0.4, -0.2) is 93.7 Å². The van der Waals surface area contributed by atoms with Gasteiger partial charge in [-0.25, -0.2) is 9.97 Å². The van der Waals surface area contributed by atoms with Crippen LogP contribution >= 0.6 is 0 Å². The summed E-state index contributed by atoms with van der Waals surface area (Å²) >= 11 is 0. The smallest absolute Gasteiger partial charge is 0.417 e. The van der Waals surface area contributed by atoms with E-state index in [1.807, 2.05) is 26.0 Å². The van der Waals surface area contributed by atoms with E-state index in [2.05, 4.69) is 64.2 Å². The maximum absolute atomic E-state index is 13.8. The number of benzene rings is 2. The number of H-pyrrole nitrogens is 2. The van der Waals surface area contributed by atoms with Gasteiger partial charge in [-0.05, 0) is 79.8 Å². The number of nitrogens with zero attached hydrogens (tertiary/aromatic N) is 6. The number of amides is 2. The maximum Gasteiger partial charge on any atom is 0.417 e. The second kappa shape index (κ2) is 21.7. The number of hydrogen-bond acceptors (Lipinski definition) is 10. The van der Waals surface area contributed by atoms with E-state index in [1.165, 1.54) is 26.2 Å². The molecular formula is C44H50F6N12O4. The van der Waals surface area contributed by atoms with Gasteiger partial charge < -0.3 is 30.9 Å². The zero-order valence-corrected chi connectivity index (χ0v) is 36.9. The van der Waals surface area contributed by atoms with Gasteiger partial charge in [-0.1, -0.05) is 27.7 Å². The Labute approximate surface area is 375 Å². The van der Waals surface area contributed by atoms with Crippen molar-refractivity contribution in [2.75, 3.05) is 40.3 Å². The first-order valence-corrected chi connectivity index (χ1v) is 20.5. The van der Waals surface area contributed by atoms with Crippen molar-refractivity contribution in [1.29, 1.82) is 0 Å². The number of ether oxygens (including phenoxy) is 2. The fourth-order valence-electron chi connectivity index (χ4n) is 6.61. The monoisotopic (exact) mass is 924 g/mol. The topological polar surface area (TPSA) is 217 Å². The fraction of sp³-hybridized carbons (Fsp3) is 0.318. The highest BCUT2D eigenvalue weighted by Gasteiger charge is 2.35. The number of carbonyl (C=O) groups excluding carboxylic acids is 2. The normalized spacial score (nSPS) is 12.4. The molecule has 22 heteroatoms. The van der Waals surface area contributed by atoms with Crippen molar-refractivity contribution in [3.8, 4) is 23.3 Å². The minimum atomic E-state index is -4.67. The molecule has 2 aromatic carbocycles. The summed E-state index contributed by atoms with van der Waals surface area (Å²) in [5.74, 6) is -1.34. The number of hydrogen-bond donors (Lipinski definition) is 6. The Bertz CT molecular complexity index is 2700. The molecule has 0 atom stereocenters. The Morgan fingerprint density at radius 1 is 0.652 bits per heavy atom. The van der Waals surface area contributed by atoms with Crippen molar-refractivity contribution in [3.05, 3.63) is 107 Å². The van der Waals surface area contributed by atoms with Gasteiger partial charge in [0.1, 0.15) is 17.1 Å². The molecule has 352 valence electrons. The van der Waals surface area contributed by atoms with Crippen molar-refractivity contribution < 1.29 is 45.4 Å². The SMILES string of the molecule is CCN(CC)Cc1ccnc(Oc2cc(C(F)(F)F)c3cc(C(=O)NC(N)=NC)[nH]c3c2)c1.CCN(CC)Cc1ccnc(Oc2ccc(C(F)(F)F)c3cc(C(=O)NC(N)=NC)[nH]c23)c1. The third-order valence-electron chi connectivity index (χ3n) is 10.2. The van der Waals surface area contributed by atoms with Crippen LogP contribution in [0.5, 0.6) is 23.3 Å². The first kappa shape index (κ1) is 49.8. The highest BCUT2D eigenvalue weighted by Crippen LogP contribution is 2.41.